The van der Waals surface area contributed by atoms with Crippen molar-refractivity contribution in [2.45, 2.75) is 406 Å². The zero-order valence-electron chi connectivity index (χ0n) is 89.6. The van der Waals surface area contributed by atoms with Crippen LogP contribution >= 0.6 is 0 Å². The van der Waals surface area contributed by atoms with Gasteiger partial charge in [0.05, 0.1) is 61.5 Å². The Kier molecular flexibility index (Phi) is 63.6. The fourth-order valence-electron chi connectivity index (χ4n) is 14.4. The minimum Gasteiger partial charge on any atom is -0.395 e. The van der Waals surface area contributed by atoms with Crippen molar-refractivity contribution in [3.63, 3.8) is 0 Å². The SMILES string of the molecule is CCC(O)c1ccc(C)cc1.CCCC(O)c1ccc(C)cc1.CCCCC(O)C(C)(C)c1ccc(C)cc1.CCCCC(O)c1ccc(C)cc1.CCCCCC(O)C(C)(C)c1ccc(C)cc1.CCCCCC(O)c1ccc(C)cc1.CCCCCCC(O)c1ccc(C)cc1.Cc1ccc(C(C)(C)CO)cc1.Cc1ccc(C(O)C(C)(C)C)cc1.Cc1ccc(C(O)C(C)C)cc1. The molecule has 0 amide bonds. The van der Waals surface area contributed by atoms with Gasteiger partial charge in [0.1, 0.15) is 0 Å². The second-order valence-corrected chi connectivity index (χ2v) is 40.8. The van der Waals surface area contributed by atoms with Gasteiger partial charge in [0.25, 0.3) is 0 Å². The standard InChI is InChI=1S/C16H26O.C15H24O.C14H22O.C13H20O.2C12H18O.3C11H16O.C10H14O/c1-5-6-7-8-15(17)16(3,4)14-11-9-13(2)10-12-14;1-5-6-7-14(16)15(3,4)13-10-8-12(2)9-11-13;1-3-4-5-6-7-14(15)13-10-8-12(2)9-11-13;1-3-4-5-6-13(14)12-9-7-11(2)8-10-12;1-9-5-7-10(8-6-9)11(13)12(2,3)4;1-3-4-5-12(13)11-8-6-10(2)7-9-11;1-9-4-6-10(7-5-9)11(2,3)8-12;1-8(2)11(12)10-6-4-9(3)5-7-10;1-3-4-11(12)10-7-5-9(2)6-8-10;1-3-10(11)9-6-4-8(2)5-7-9/h9-12,15,17H,5-8H2,1-4H3;8-11,14,16H,5-7H2,1-4H3;8-11,14-15H,3-7H2,1-2H3;7-10,13-14H,3-6H2,1-2H3;5-8,11,13H,1-4H3;6-9,12-13H,3-5H2,1-2H3;4-7,12H,8H2,1-3H3;4-8,11-12H,1-3H3;5-8,11-12H,3-4H2,1-2H3;4-7,10-11H,3H2,1-2H3. The van der Waals surface area contributed by atoms with Crippen LogP contribution in [0.5, 0.6) is 0 Å². The topological polar surface area (TPSA) is 202 Å². The van der Waals surface area contributed by atoms with Gasteiger partial charge in [-0.3, -0.25) is 0 Å². The quantitative estimate of drug-likeness (QED) is 0.0168. The first kappa shape index (κ1) is 125. The van der Waals surface area contributed by atoms with Crippen LogP contribution in [-0.2, 0) is 16.2 Å². The normalized spacial score (nSPS) is 13.1. The largest absolute Gasteiger partial charge is 0.395 e. The van der Waals surface area contributed by atoms with Crippen LogP contribution in [0.15, 0.2) is 243 Å². The number of hydrogen-bond donors (Lipinski definition) is 10. The summed E-state index contributed by atoms with van der Waals surface area (Å²) in [6.45, 7) is 58.5. The Morgan fingerprint density at radius 2 is 0.437 bits per heavy atom. The van der Waals surface area contributed by atoms with E-state index in [4.69, 9.17) is 5.11 Å². The molecule has 10 heteroatoms. The number of aliphatic hydroxyl groups excluding tert-OH is 10. The van der Waals surface area contributed by atoms with Crippen molar-refractivity contribution >= 4 is 0 Å². The summed E-state index contributed by atoms with van der Waals surface area (Å²) in [5.41, 5.74) is 22.8. The summed E-state index contributed by atoms with van der Waals surface area (Å²) in [6, 6.07) is 81.9. The van der Waals surface area contributed by atoms with E-state index in [1.54, 1.807) is 0 Å². The molecule has 10 rings (SSSR count). The van der Waals surface area contributed by atoms with Crippen molar-refractivity contribution in [3.05, 3.63) is 354 Å². The van der Waals surface area contributed by atoms with Crippen molar-refractivity contribution < 1.29 is 51.1 Å². The molecule has 0 aliphatic heterocycles. The molecule has 0 heterocycles. The minimum atomic E-state index is -0.381. The first-order chi connectivity index (χ1) is 63.7. The fourth-order valence-corrected chi connectivity index (χ4v) is 14.4. The van der Waals surface area contributed by atoms with Gasteiger partial charge >= 0.3 is 0 Å². The highest BCUT2D eigenvalue weighted by Gasteiger charge is 2.31. The summed E-state index contributed by atoms with van der Waals surface area (Å²) >= 11 is 0. The average molecular weight is 1850 g/mol. The molecule has 9 unspecified atom stereocenters. The number of rotatable bonds is 36. The van der Waals surface area contributed by atoms with Gasteiger partial charge in [0.2, 0.25) is 0 Å². The van der Waals surface area contributed by atoms with Crippen LogP contribution in [0.25, 0.3) is 0 Å². The van der Waals surface area contributed by atoms with E-state index in [-0.39, 0.29) is 89.1 Å². The number of aliphatic hydroxyl groups is 10. The van der Waals surface area contributed by atoms with E-state index in [2.05, 4.69) is 215 Å². The van der Waals surface area contributed by atoms with Crippen LogP contribution in [0.4, 0.5) is 0 Å². The Labute approximate surface area is 824 Å². The van der Waals surface area contributed by atoms with Gasteiger partial charge in [-0.1, -0.05) is 519 Å². The van der Waals surface area contributed by atoms with Crippen molar-refractivity contribution in [2.24, 2.45) is 11.3 Å². The summed E-state index contributed by atoms with van der Waals surface area (Å²) in [6.07, 6.45) is 20.9. The van der Waals surface area contributed by atoms with E-state index in [0.29, 0.717) is 0 Å². The third kappa shape index (κ3) is 52.4. The first-order valence-corrected chi connectivity index (χ1v) is 51.1. The van der Waals surface area contributed by atoms with Crippen molar-refractivity contribution in [2.75, 3.05) is 6.61 Å². The molecule has 10 aromatic rings. The van der Waals surface area contributed by atoms with E-state index >= 15 is 0 Å². The van der Waals surface area contributed by atoms with E-state index in [0.717, 1.165) is 135 Å². The van der Waals surface area contributed by atoms with Gasteiger partial charge in [-0.15, -0.1) is 0 Å². The number of benzene rings is 10. The summed E-state index contributed by atoms with van der Waals surface area (Å²) < 4.78 is 0. The molecule has 0 saturated carbocycles. The van der Waals surface area contributed by atoms with Crippen molar-refractivity contribution in [3.8, 4) is 0 Å². The predicted molar refractivity (Wildman–Crippen MR) is 580 cm³/mol. The highest BCUT2D eigenvalue weighted by atomic mass is 16.3. The summed E-state index contributed by atoms with van der Waals surface area (Å²) in [5.74, 6) is 0.285. The highest BCUT2D eigenvalue weighted by molar-refractivity contribution is 5.33. The van der Waals surface area contributed by atoms with Crippen LogP contribution in [0.3, 0.4) is 0 Å². The molecule has 0 aliphatic rings. The Morgan fingerprint density at radius 1 is 0.222 bits per heavy atom. The van der Waals surface area contributed by atoms with Crippen LogP contribution in [0.2, 0.25) is 0 Å². The maximum absolute atomic E-state index is 10.3. The molecule has 0 radical (unpaired) electrons. The smallest absolute Gasteiger partial charge is 0.0838 e. The molecule has 0 aliphatic carbocycles. The molecule has 0 aromatic heterocycles. The molecule has 10 N–H and O–H groups in total. The van der Waals surface area contributed by atoms with E-state index in [9.17, 15) is 46.0 Å². The van der Waals surface area contributed by atoms with Gasteiger partial charge in [0.15, 0.2) is 0 Å². The molecule has 0 fully saturated rings. The summed E-state index contributed by atoms with van der Waals surface area (Å²) in [7, 11) is 0. The van der Waals surface area contributed by atoms with Crippen LogP contribution < -0.4 is 0 Å². The van der Waals surface area contributed by atoms with Gasteiger partial charge in [-0.2, -0.15) is 0 Å². The maximum atomic E-state index is 10.3. The lowest BCUT2D eigenvalue weighted by Crippen LogP contribution is -2.33. The molecule has 9 atom stereocenters. The lowest BCUT2D eigenvalue weighted by atomic mass is 9.77. The zero-order valence-corrected chi connectivity index (χ0v) is 89.6. The number of hydrogen-bond acceptors (Lipinski definition) is 10. The minimum absolute atomic E-state index is 0.0880. The fraction of sp³-hybridized carbons (Fsp3) is 0.520. The Morgan fingerprint density at radius 3 is 0.696 bits per heavy atom. The average Bonchev–Trinajstić information content (AvgIpc) is 1.07. The summed E-state index contributed by atoms with van der Waals surface area (Å²) in [5, 5.41) is 97.8. The molecule has 0 bridgehead atoms. The van der Waals surface area contributed by atoms with Gasteiger partial charge < -0.3 is 51.1 Å². The third-order valence-corrected chi connectivity index (χ3v) is 25.2. The van der Waals surface area contributed by atoms with Crippen molar-refractivity contribution in [1.82, 2.24) is 0 Å². The molecule has 0 spiro atoms. The van der Waals surface area contributed by atoms with Crippen LogP contribution in [-0.4, -0.2) is 69.9 Å². The third-order valence-electron chi connectivity index (χ3n) is 25.2. The molecular weight excluding hydrogens is 1660 g/mol. The molecule has 10 nitrogen and oxygen atoms in total. The lowest BCUT2D eigenvalue weighted by Gasteiger charge is -2.31. The van der Waals surface area contributed by atoms with Gasteiger partial charge in [-0.05, 0) is 181 Å². The summed E-state index contributed by atoms with van der Waals surface area (Å²) in [4.78, 5) is 0. The van der Waals surface area contributed by atoms with E-state index in [1.807, 2.05) is 222 Å². The highest BCUT2D eigenvalue weighted by Crippen LogP contribution is 2.35. The van der Waals surface area contributed by atoms with E-state index < -0.39 is 0 Å². The predicted octanol–water partition coefficient (Wildman–Crippen LogP) is 32.2. The second-order valence-electron chi connectivity index (χ2n) is 40.8. The van der Waals surface area contributed by atoms with E-state index in [1.165, 1.54) is 117 Å². The molecule has 750 valence electrons. The number of aryl methyl sites for hydroxylation is 10. The molecular formula is C125H190O10. The lowest BCUT2D eigenvalue weighted by molar-refractivity contribution is 0.0627. The Bertz CT molecular complexity index is 4530. The van der Waals surface area contributed by atoms with Crippen molar-refractivity contribution in [1.29, 1.82) is 0 Å². The zero-order chi connectivity index (χ0) is 102. The molecule has 135 heavy (non-hydrogen) atoms. The van der Waals surface area contributed by atoms with Gasteiger partial charge in [0, 0.05) is 16.2 Å². The molecule has 10 aromatic carbocycles. The first-order valence-electron chi connectivity index (χ1n) is 51.1. The second kappa shape index (κ2) is 68.8. The molecule has 0 saturated heterocycles. The van der Waals surface area contributed by atoms with Crippen LogP contribution in [0.1, 0.15) is 420 Å². The maximum Gasteiger partial charge on any atom is 0.0838 e. The Hall–Kier alpha value is -8.20. The number of unbranched alkanes of at least 4 members (excludes halogenated alkanes) is 9. The monoisotopic (exact) mass is 1850 g/mol. The van der Waals surface area contributed by atoms with Gasteiger partial charge in [-0.25, -0.2) is 0 Å². The van der Waals surface area contributed by atoms with Crippen LogP contribution in [0, 0.1) is 80.6 Å². The Balaban J connectivity index is 0.000000752.